The number of aromatic nitrogens is 1. The van der Waals surface area contributed by atoms with Gasteiger partial charge in [-0.25, -0.2) is 0 Å². The second kappa shape index (κ2) is 6.93. The molecule has 0 fully saturated rings. The molecule has 2 N–H and O–H groups in total. The molecule has 3 rings (SSSR count). The summed E-state index contributed by atoms with van der Waals surface area (Å²) in [5, 5.41) is 19.1. The standard InChI is InChI=1S/C20H11F3N4O/c21-20(22,23)13-7-4-8-14(9-13)27-18(26)15(10-24)17(16(11-25)19(27)28)12-5-2-1-3-6-12/h1-9H,26H2. The van der Waals surface area contributed by atoms with Crippen LogP contribution in [0.2, 0.25) is 0 Å². The number of rotatable bonds is 2. The Hall–Kier alpha value is -4.04. The minimum Gasteiger partial charge on any atom is -0.384 e. The third kappa shape index (κ3) is 3.08. The highest BCUT2D eigenvalue weighted by atomic mass is 19.4. The number of alkyl halides is 3. The number of nitrogen functional groups attached to an aromatic ring is 1. The second-order valence-electron chi connectivity index (χ2n) is 5.79. The molecular weight excluding hydrogens is 369 g/mol. The first-order chi connectivity index (χ1) is 13.3. The fourth-order valence-electron chi connectivity index (χ4n) is 2.88. The Morgan fingerprint density at radius 2 is 1.57 bits per heavy atom. The van der Waals surface area contributed by atoms with Gasteiger partial charge >= 0.3 is 6.18 Å². The van der Waals surface area contributed by atoms with Crippen molar-refractivity contribution in [1.29, 1.82) is 10.5 Å². The van der Waals surface area contributed by atoms with Gasteiger partial charge in [0.1, 0.15) is 29.1 Å². The highest BCUT2D eigenvalue weighted by Gasteiger charge is 2.31. The number of nitriles is 2. The van der Waals surface area contributed by atoms with Crippen molar-refractivity contribution >= 4 is 5.82 Å². The monoisotopic (exact) mass is 380 g/mol. The Balaban J connectivity index is 2.40. The van der Waals surface area contributed by atoms with Crippen LogP contribution in [-0.4, -0.2) is 4.57 Å². The summed E-state index contributed by atoms with van der Waals surface area (Å²) in [4.78, 5) is 12.9. The lowest BCUT2D eigenvalue weighted by molar-refractivity contribution is -0.137. The van der Waals surface area contributed by atoms with Gasteiger partial charge in [-0.1, -0.05) is 36.4 Å². The molecule has 5 nitrogen and oxygen atoms in total. The van der Waals surface area contributed by atoms with Gasteiger partial charge in [-0.3, -0.25) is 9.36 Å². The maximum atomic E-state index is 13.0. The van der Waals surface area contributed by atoms with Crippen molar-refractivity contribution in [1.82, 2.24) is 4.57 Å². The largest absolute Gasteiger partial charge is 0.416 e. The van der Waals surface area contributed by atoms with Crippen LogP contribution in [0.15, 0.2) is 59.4 Å². The smallest absolute Gasteiger partial charge is 0.384 e. The Kier molecular flexibility index (Phi) is 4.64. The van der Waals surface area contributed by atoms with E-state index in [0.717, 1.165) is 22.8 Å². The molecule has 0 amide bonds. The predicted octanol–water partition coefficient (Wildman–Crippen LogP) is 3.85. The molecule has 8 heteroatoms. The van der Waals surface area contributed by atoms with E-state index in [1.807, 2.05) is 6.07 Å². The molecule has 0 unspecified atom stereocenters. The minimum absolute atomic E-state index is 0.0522. The molecule has 0 aliphatic heterocycles. The maximum absolute atomic E-state index is 13.0. The average molecular weight is 380 g/mol. The van der Waals surface area contributed by atoms with Gasteiger partial charge in [-0.15, -0.1) is 0 Å². The number of halogens is 3. The van der Waals surface area contributed by atoms with Crippen LogP contribution < -0.4 is 11.3 Å². The Morgan fingerprint density at radius 3 is 2.14 bits per heavy atom. The quantitative estimate of drug-likeness (QED) is 0.730. The summed E-state index contributed by atoms with van der Waals surface area (Å²) < 4.78 is 39.9. The summed E-state index contributed by atoms with van der Waals surface area (Å²) >= 11 is 0. The lowest BCUT2D eigenvalue weighted by atomic mass is 9.96. The molecule has 0 saturated carbocycles. The summed E-state index contributed by atoms with van der Waals surface area (Å²) in [6, 6.07) is 15.8. The van der Waals surface area contributed by atoms with E-state index in [9.17, 15) is 28.5 Å². The molecule has 0 atom stereocenters. The Labute approximate surface area is 157 Å². The van der Waals surface area contributed by atoms with Crippen LogP contribution in [0, 0.1) is 22.7 Å². The Morgan fingerprint density at radius 1 is 0.929 bits per heavy atom. The SMILES string of the molecule is N#Cc1c(-c2ccccc2)c(C#N)c(=O)n(-c2cccc(C(F)(F)F)c2)c1N. The van der Waals surface area contributed by atoms with E-state index < -0.39 is 17.3 Å². The first kappa shape index (κ1) is 18.7. The molecule has 0 aliphatic rings. The molecule has 0 saturated heterocycles. The van der Waals surface area contributed by atoms with Gasteiger partial charge in [-0.05, 0) is 23.8 Å². The zero-order chi connectivity index (χ0) is 20.5. The summed E-state index contributed by atoms with van der Waals surface area (Å²) in [5.41, 5.74) is 3.85. The van der Waals surface area contributed by atoms with Gasteiger partial charge in [0.2, 0.25) is 0 Å². The molecule has 0 bridgehead atoms. The minimum atomic E-state index is -4.63. The lowest BCUT2D eigenvalue weighted by Gasteiger charge is -2.17. The predicted molar refractivity (Wildman–Crippen MR) is 96.3 cm³/mol. The van der Waals surface area contributed by atoms with Crippen molar-refractivity contribution in [3.05, 3.63) is 81.6 Å². The van der Waals surface area contributed by atoms with Crippen molar-refractivity contribution < 1.29 is 13.2 Å². The number of hydrogen-bond acceptors (Lipinski definition) is 4. The third-order valence-corrected chi connectivity index (χ3v) is 4.13. The summed E-state index contributed by atoms with van der Waals surface area (Å²) in [6.07, 6.45) is -4.63. The van der Waals surface area contributed by atoms with E-state index in [4.69, 9.17) is 5.73 Å². The van der Waals surface area contributed by atoms with Crippen molar-refractivity contribution in [2.45, 2.75) is 6.18 Å². The lowest BCUT2D eigenvalue weighted by Crippen LogP contribution is -2.26. The molecule has 1 aromatic heterocycles. The molecule has 0 radical (unpaired) electrons. The molecule has 2 aromatic carbocycles. The highest BCUT2D eigenvalue weighted by Crippen LogP contribution is 2.33. The second-order valence-corrected chi connectivity index (χ2v) is 5.79. The van der Waals surface area contributed by atoms with Crippen LogP contribution in [-0.2, 0) is 6.18 Å². The molecule has 0 spiro atoms. The highest BCUT2D eigenvalue weighted by molar-refractivity contribution is 5.81. The fraction of sp³-hybridized carbons (Fsp3) is 0.0500. The number of nitrogens with zero attached hydrogens (tertiary/aromatic N) is 3. The molecule has 0 aliphatic carbocycles. The van der Waals surface area contributed by atoms with Gasteiger partial charge in [-0.2, -0.15) is 23.7 Å². The van der Waals surface area contributed by atoms with E-state index in [1.165, 1.54) is 6.07 Å². The van der Waals surface area contributed by atoms with E-state index in [0.29, 0.717) is 5.56 Å². The van der Waals surface area contributed by atoms with Crippen molar-refractivity contribution in [2.24, 2.45) is 0 Å². The van der Waals surface area contributed by atoms with Crippen LogP contribution >= 0.6 is 0 Å². The average Bonchev–Trinajstić information content (AvgIpc) is 2.68. The third-order valence-electron chi connectivity index (χ3n) is 4.13. The summed E-state index contributed by atoms with van der Waals surface area (Å²) in [6.45, 7) is 0. The van der Waals surface area contributed by atoms with Gasteiger partial charge in [0, 0.05) is 5.56 Å². The van der Waals surface area contributed by atoms with Crippen LogP contribution in [0.5, 0.6) is 0 Å². The van der Waals surface area contributed by atoms with Crippen LogP contribution in [0.1, 0.15) is 16.7 Å². The fourth-order valence-corrected chi connectivity index (χ4v) is 2.88. The van der Waals surface area contributed by atoms with E-state index in [1.54, 1.807) is 36.4 Å². The summed E-state index contributed by atoms with van der Waals surface area (Å²) in [7, 11) is 0. The van der Waals surface area contributed by atoms with Crippen LogP contribution in [0.4, 0.5) is 19.0 Å². The normalized spacial score (nSPS) is 10.9. The first-order valence-corrected chi connectivity index (χ1v) is 7.91. The molecule has 28 heavy (non-hydrogen) atoms. The first-order valence-electron chi connectivity index (χ1n) is 7.91. The van der Waals surface area contributed by atoms with Gasteiger partial charge in [0.15, 0.2) is 0 Å². The van der Waals surface area contributed by atoms with Gasteiger partial charge < -0.3 is 5.73 Å². The number of pyridine rings is 1. The van der Waals surface area contributed by atoms with Crippen LogP contribution in [0.25, 0.3) is 16.8 Å². The molecule has 138 valence electrons. The van der Waals surface area contributed by atoms with Crippen molar-refractivity contribution in [3.63, 3.8) is 0 Å². The van der Waals surface area contributed by atoms with Crippen molar-refractivity contribution in [3.8, 4) is 29.0 Å². The van der Waals surface area contributed by atoms with E-state index >= 15 is 0 Å². The zero-order valence-corrected chi connectivity index (χ0v) is 14.2. The van der Waals surface area contributed by atoms with Crippen LogP contribution in [0.3, 0.4) is 0 Å². The van der Waals surface area contributed by atoms with E-state index in [-0.39, 0.29) is 28.2 Å². The van der Waals surface area contributed by atoms with Crippen molar-refractivity contribution in [2.75, 3.05) is 5.73 Å². The number of anilines is 1. The van der Waals surface area contributed by atoms with Gasteiger partial charge in [0.25, 0.3) is 5.56 Å². The molecule has 3 aromatic rings. The number of benzene rings is 2. The molecular formula is C20H11F3N4O. The number of hydrogen-bond donors (Lipinski definition) is 1. The number of nitrogens with two attached hydrogens (primary N) is 1. The topological polar surface area (TPSA) is 95.6 Å². The maximum Gasteiger partial charge on any atom is 0.416 e. The summed E-state index contributed by atoms with van der Waals surface area (Å²) in [5.74, 6) is -0.343. The van der Waals surface area contributed by atoms with E-state index in [2.05, 4.69) is 0 Å². The molecule has 1 heterocycles. The Bertz CT molecular complexity index is 1200. The van der Waals surface area contributed by atoms with Gasteiger partial charge in [0.05, 0.1) is 11.3 Å². The zero-order valence-electron chi connectivity index (χ0n) is 14.2.